The summed E-state index contributed by atoms with van der Waals surface area (Å²) in [5.74, 6) is -3.19. The molecule has 0 amide bonds. The number of H-pyrrole nitrogens is 1. The van der Waals surface area contributed by atoms with E-state index in [1.54, 1.807) is 5.10 Å². The zero-order chi connectivity index (χ0) is 10.9. The largest absolute Gasteiger partial charge is 0.476 e. The van der Waals surface area contributed by atoms with Crippen molar-refractivity contribution in [2.24, 2.45) is 0 Å². The van der Waals surface area contributed by atoms with Crippen LogP contribution in [0, 0.1) is 5.82 Å². The molecule has 0 aromatic carbocycles. The monoisotopic (exact) mass is 212 g/mol. The summed E-state index contributed by atoms with van der Waals surface area (Å²) in [7, 11) is 0. The molecule has 1 aromatic heterocycles. The highest BCUT2D eigenvalue weighted by atomic mass is 19.4. The molecule has 0 bridgehead atoms. The molecule has 0 atom stereocenters. The minimum Gasteiger partial charge on any atom is -0.476 e. The summed E-state index contributed by atoms with van der Waals surface area (Å²) in [6.45, 7) is 0. The number of aromatic nitrogens is 2. The lowest BCUT2D eigenvalue weighted by atomic mass is 10.2. The predicted molar refractivity (Wildman–Crippen MR) is 35.3 cm³/mol. The van der Waals surface area contributed by atoms with E-state index in [1.807, 2.05) is 0 Å². The van der Waals surface area contributed by atoms with Crippen LogP contribution in [0.3, 0.4) is 0 Å². The molecule has 4 nitrogen and oxygen atoms in total. The Morgan fingerprint density at radius 2 is 2.07 bits per heavy atom. The van der Waals surface area contributed by atoms with E-state index in [1.165, 1.54) is 0 Å². The Hall–Kier alpha value is -1.60. The van der Waals surface area contributed by atoms with Crippen molar-refractivity contribution in [3.8, 4) is 0 Å². The minimum absolute atomic E-state index is 0.880. The van der Waals surface area contributed by atoms with Crippen LogP contribution >= 0.6 is 0 Å². The molecule has 0 unspecified atom stereocenters. The molecule has 0 aliphatic heterocycles. The van der Waals surface area contributed by atoms with Crippen molar-refractivity contribution < 1.29 is 27.5 Å². The molecular weight excluding hydrogens is 208 g/mol. The Labute approximate surface area is 74.5 Å². The number of hydrogen-bond donors (Lipinski definition) is 2. The summed E-state index contributed by atoms with van der Waals surface area (Å²) in [6.07, 6.45) is -6.18. The summed E-state index contributed by atoms with van der Waals surface area (Å²) in [6, 6.07) is 0. The maximum Gasteiger partial charge on any atom is 0.394 e. The van der Waals surface area contributed by atoms with Crippen LogP contribution in [0.5, 0.6) is 0 Å². The summed E-state index contributed by atoms with van der Waals surface area (Å²) < 4.78 is 48.1. The third kappa shape index (κ3) is 2.21. The number of carboxylic acid groups (broad SMARTS) is 1. The Bertz CT molecular complexity index is 357. The van der Waals surface area contributed by atoms with E-state index in [4.69, 9.17) is 5.11 Å². The summed E-state index contributed by atoms with van der Waals surface area (Å²) >= 11 is 0. The topological polar surface area (TPSA) is 66.0 Å². The third-order valence-electron chi connectivity index (χ3n) is 1.36. The van der Waals surface area contributed by atoms with Crippen molar-refractivity contribution in [1.29, 1.82) is 0 Å². The van der Waals surface area contributed by atoms with E-state index in [0.29, 0.717) is 0 Å². The van der Waals surface area contributed by atoms with Gasteiger partial charge in [0.15, 0.2) is 5.82 Å². The summed E-state index contributed by atoms with van der Waals surface area (Å²) in [4.78, 5) is 10.2. The van der Waals surface area contributed by atoms with Gasteiger partial charge >= 0.3 is 12.1 Å². The highest BCUT2D eigenvalue weighted by Crippen LogP contribution is 2.22. The molecule has 0 spiro atoms. The zero-order valence-corrected chi connectivity index (χ0v) is 6.52. The highest BCUT2D eigenvalue weighted by molar-refractivity contribution is 5.85. The normalized spacial score (nSPS) is 11.7. The smallest absolute Gasteiger partial charge is 0.394 e. The second-order valence-corrected chi connectivity index (χ2v) is 2.46. The fourth-order valence-electron chi connectivity index (χ4n) is 0.824. The number of carbonyl (C=O) groups is 1. The molecule has 0 saturated heterocycles. The van der Waals surface area contributed by atoms with Gasteiger partial charge in [0.25, 0.3) is 0 Å². The molecule has 0 fully saturated rings. The first-order valence-electron chi connectivity index (χ1n) is 3.34. The fraction of sp³-hybridized carbons (Fsp3) is 0.333. The predicted octanol–water partition coefficient (Wildman–Crippen LogP) is 1.35. The molecule has 0 saturated carbocycles. The standard InChI is InChI=1S/C6H4F4N2O2/c7-3-2(1-6(8,9)10)11-12-4(3)5(13)14/h1H2,(H,11,12)(H,13,14). The van der Waals surface area contributed by atoms with Crippen LogP contribution in [0.2, 0.25) is 0 Å². The van der Waals surface area contributed by atoms with Crippen LogP contribution in [-0.4, -0.2) is 27.4 Å². The molecular formula is C6H4F4N2O2. The molecule has 1 rings (SSSR count). The molecule has 14 heavy (non-hydrogen) atoms. The van der Waals surface area contributed by atoms with Crippen molar-refractivity contribution in [3.05, 3.63) is 17.2 Å². The van der Waals surface area contributed by atoms with Gasteiger partial charge in [0, 0.05) is 0 Å². The van der Waals surface area contributed by atoms with E-state index < -0.39 is 35.8 Å². The second kappa shape index (κ2) is 3.28. The first kappa shape index (κ1) is 10.5. The maximum atomic E-state index is 12.8. The van der Waals surface area contributed by atoms with Gasteiger partial charge in [0.2, 0.25) is 5.69 Å². The van der Waals surface area contributed by atoms with Crippen LogP contribution in [0.25, 0.3) is 0 Å². The van der Waals surface area contributed by atoms with Crippen LogP contribution in [-0.2, 0) is 6.42 Å². The van der Waals surface area contributed by atoms with Crippen molar-refractivity contribution in [1.82, 2.24) is 10.2 Å². The SMILES string of the molecule is O=C(O)c1n[nH]c(CC(F)(F)F)c1F. The van der Waals surface area contributed by atoms with Crippen LogP contribution < -0.4 is 0 Å². The van der Waals surface area contributed by atoms with E-state index in [2.05, 4.69) is 5.10 Å². The maximum absolute atomic E-state index is 12.8. The van der Waals surface area contributed by atoms with Crippen LogP contribution in [0.4, 0.5) is 17.6 Å². The van der Waals surface area contributed by atoms with Crippen molar-refractivity contribution in [2.45, 2.75) is 12.6 Å². The Kier molecular flexibility index (Phi) is 2.45. The third-order valence-corrected chi connectivity index (χ3v) is 1.36. The molecule has 0 radical (unpaired) electrons. The van der Waals surface area contributed by atoms with Gasteiger partial charge in [-0.15, -0.1) is 0 Å². The average molecular weight is 212 g/mol. The summed E-state index contributed by atoms with van der Waals surface area (Å²) in [5.41, 5.74) is -1.92. The Balaban J connectivity index is 2.96. The van der Waals surface area contributed by atoms with Gasteiger partial charge in [-0.05, 0) is 0 Å². The number of aromatic amines is 1. The number of nitrogens with one attached hydrogen (secondary N) is 1. The first-order valence-corrected chi connectivity index (χ1v) is 3.34. The highest BCUT2D eigenvalue weighted by Gasteiger charge is 2.32. The van der Waals surface area contributed by atoms with Gasteiger partial charge in [-0.25, -0.2) is 9.18 Å². The van der Waals surface area contributed by atoms with Gasteiger partial charge in [0.1, 0.15) is 0 Å². The molecule has 78 valence electrons. The van der Waals surface area contributed by atoms with Crippen molar-refractivity contribution in [3.63, 3.8) is 0 Å². The van der Waals surface area contributed by atoms with Gasteiger partial charge in [0.05, 0.1) is 12.1 Å². The number of halogens is 4. The van der Waals surface area contributed by atoms with E-state index in [0.717, 1.165) is 0 Å². The first-order chi connectivity index (χ1) is 6.31. The lowest BCUT2D eigenvalue weighted by molar-refractivity contribution is -0.128. The van der Waals surface area contributed by atoms with E-state index in [-0.39, 0.29) is 0 Å². The Morgan fingerprint density at radius 3 is 2.43 bits per heavy atom. The number of hydrogen-bond acceptors (Lipinski definition) is 2. The minimum atomic E-state index is -4.61. The van der Waals surface area contributed by atoms with Crippen molar-refractivity contribution >= 4 is 5.97 Å². The number of aromatic carboxylic acids is 1. The lowest BCUT2D eigenvalue weighted by Crippen LogP contribution is -2.13. The number of rotatable bonds is 2. The molecule has 0 aliphatic carbocycles. The average Bonchev–Trinajstić information content (AvgIpc) is 2.29. The van der Waals surface area contributed by atoms with Gasteiger partial charge in [-0.3, -0.25) is 5.10 Å². The van der Waals surface area contributed by atoms with E-state index in [9.17, 15) is 22.4 Å². The van der Waals surface area contributed by atoms with Gasteiger partial charge < -0.3 is 5.11 Å². The molecule has 2 N–H and O–H groups in total. The van der Waals surface area contributed by atoms with E-state index >= 15 is 0 Å². The van der Waals surface area contributed by atoms with Crippen molar-refractivity contribution in [2.75, 3.05) is 0 Å². The van der Waals surface area contributed by atoms with Gasteiger partial charge in [-0.2, -0.15) is 18.3 Å². The number of carboxylic acids is 1. The molecule has 0 aliphatic rings. The van der Waals surface area contributed by atoms with Gasteiger partial charge in [-0.1, -0.05) is 0 Å². The molecule has 8 heteroatoms. The molecule has 1 aromatic rings. The Morgan fingerprint density at radius 1 is 1.50 bits per heavy atom. The molecule has 1 heterocycles. The van der Waals surface area contributed by atoms with Crippen LogP contribution in [0.1, 0.15) is 16.2 Å². The lowest BCUT2D eigenvalue weighted by Gasteiger charge is -2.02. The summed E-state index contributed by atoms with van der Waals surface area (Å²) in [5, 5.41) is 12.9. The zero-order valence-electron chi connectivity index (χ0n) is 6.52. The number of alkyl halides is 3. The second-order valence-electron chi connectivity index (χ2n) is 2.46. The quantitative estimate of drug-likeness (QED) is 0.727. The van der Waals surface area contributed by atoms with Crippen LogP contribution in [0.15, 0.2) is 0 Å². The fourth-order valence-corrected chi connectivity index (χ4v) is 0.824. The number of nitrogens with zero attached hydrogens (tertiary/aromatic N) is 1.